The molecule has 43 heavy (non-hydrogen) atoms. The van der Waals surface area contributed by atoms with Gasteiger partial charge in [0, 0.05) is 38.3 Å². The van der Waals surface area contributed by atoms with Crippen LogP contribution in [-0.2, 0) is 17.9 Å². The predicted octanol–water partition coefficient (Wildman–Crippen LogP) is 4.64. The fraction of sp³-hybridized carbons (Fsp3) is 0.290. The standard InChI is InChI=1S/C31H28FN5O4S2/c1-3-36-28(35-12-10-34(11-13-35)24-7-5-4-6-23(24)32)21(19(2)22(16-33)29(36)38)15-27-30(39)37(31(42)43-27)17-20-8-9-25-26(14-20)41-18-40-25/h4-9,14-15H,3,10-13,17-18H2,1-2H3. The monoisotopic (exact) mass is 617 g/mol. The fourth-order valence-electron chi connectivity index (χ4n) is 5.63. The number of anilines is 2. The predicted molar refractivity (Wildman–Crippen MR) is 168 cm³/mol. The molecular weight excluding hydrogens is 590 g/mol. The molecule has 2 aromatic carbocycles. The van der Waals surface area contributed by atoms with Crippen LogP contribution in [0.2, 0.25) is 0 Å². The Bertz CT molecular complexity index is 1770. The lowest BCUT2D eigenvalue weighted by atomic mass is 10.0. The van der Waals surface area contributed by atoms with E-state index in [1.165, 1.54) is 22.7 Å². The molecule has 220 valence electrons. The van der Waals surface area contributed by atoms with Gasteiger partial charge < -0.3 is 19.3 Å². The lowest BCUT2D eigenvalue weighted by Crippen LogP contribution is -2.49. The molecule has 0 N–H and O–H groups in total. The number of para-hydroxylation sites is 1. The number of carbonyl (C=O) groups is 1. The van der Waals surface area contributed by atoms with E-state index in [2.05, 4.69) is 11.0 Å². The number of pyridine rings is 1. The number of piperazine rings is 1. The molecule has 0 bridgehead atoms. The normalized spacial score (nSPS) is 17.3. The molecule has 3 aromatic rings. The molecule has 0 aliphatic carbocycles. The van der Waals surface area contributed by atoms with Crippen LogP contribution in [0, 0.1) is 24.1 Å². The zero-order chi connectivity index (χ0) is 30.2. The van der Waals surface area contributed by atoms with Crippen LogP contribution in [0.3, 0.4) is 0 Å². The fourth-order valence-corrected chi connectivity index (χ4v) is 6.87. The van der Waals surface area contributed by atoms with Crippen LogP contribution in [0.1, 0.15) is 29.2 Å². The quantitative estimate of drug-likeness (QED) is 0.290. The highest BCUT2D eigenvalue weighted by Crippen LogP contribution is 2.38. The summed E-state index contributed by atoms with van der Waals surface area (Å²) in [5, 5.41) is 9.90. The average Bonchev–Trinajstić information content (AvgIpc) is 3.58. The van der Waals surface area contributed by atoms with Crippen molar-refractivity contribution in [2.75, 3.05) is 42.8 Å². The van der Waals surface area contributed by atoms with Crippen LogP contribution in [0.15, 0.2) is 52.2 Å². The van der Waals surface area contributed by atoms with Gasteiger partial charge in [0.2, 0.25) is 6.79 Å². The number of nitrogens with zero attached hydrogens (tertiary/aromatic N) is 5. The molecule has 3 aliphatic heterocycles. The van der Waals surface area contributed by atoms with Crippen molar-refractivity contribution in [1.29, 1.82) is 5.26 Å². The minimum atomic E-state index is -0.374. The molecule has 0 unspecified atom stereocenters. The third kappa shape index (κ3) is 5.23. The number of fused-ring (bicyclic) bond motifs is 1. The second-order valence-electron chi connectivity index (χ2n) is 10.3. The number of halogens is 1. The summed E-state index contributed by atoms with van der Waals surface area (Å²) in [6, 6.07) is 14.3. The number of nitriles is 1. The van der Waals surface area contributed by atoms with Gasteiger partial charge in [0.15, 0.2) is 11.5 Å². The van der Waals surface area contributed by atoms with Gasteiger partial charge in [-0.25, -0.2) is 4.39 Å². The van der Waals surface area contributed by atoms with E-state index in [0.717, 1.165) is 5.56 Å². The van der Waals surface area contributed by atoms with Crippen LogP contribution in [0.25, 0.3) is 6.08 Å². The third-order valence-corrected chi connectivity index (χ3v) is 9.24. The minimum absolute atomic E-state index is 0.0395. The van der Waals surface area contributed by atoms with Gasteiger partial charge in [0.05, 0.1) is 17.1 Å². The highest BCUT2D eigenvalue weighted by Gasteiger charge is 2.34. The molecule has 3 aliphatic rings. The summed E-state index contributed by atoms with van der Waals surface area (Å²) < 4.78 is 27.4. The van der Waals surface area contributed by atoms with Crippen molar-refractivity contribution in [2.24, 2.45) is 0 Å². The first kappa shape index (κ1) is 28.8. The molecule has 2 saturated heterocycles. The molecule has 9 nitrogen and oxygen atoms in total. The first-order valence-electron chi connectivity index (χ1n) is 13.9. The van der Waals surface area contributed by atoms with E-state index in [1.54, 1.807) is 29.7 Å². The molecule has 0 atom stereocenters. The van der Waals surface area contributed by atoms with Crippen LogP contribution in [0.4, 0.5) is 15.9 Å². The SMILES string of the molecule is CCn1c(N2CCN(c3ccccc3F)CC2)c(C=C2SC(=S)N(Cc3ccc4c(c3)OCO4)C2=O)c(C)c(C#N)c1=O. The summed E-state index contributed by atoms with van der Waals surface area (Å²) in [5.41, 5.74) is 2.18. The summed E-state index contributed by atoms with van der Waals surface area (Å²) in [6.07, 6.45) is 1.75. The smallest absolute Gasteiger partial charge is 0.270 e. The summed E-state index contributed by atoms with van der Waals surface area (Å²) in [7, 11) is 0. The molecule has 6 rings (SSSR count). The maximum Gasteiger partial charge on any atom is 0.270 e. The molecule has 12 heteroatoms. The van der Waals surface area contributed by atoms with E-state index in [9.17, 15) is 19.2 Å². The number of rotatable bonds is 6. The Morgan fingerprint density at radius 3 is 2.51 bits per heavy atom. The zero-order valence-electron chi connectivity index (χ0n) is 23.6. The van der Waals surface area contributed by atoms with Crippen molar-refractivity contribution in [3.8, 4) is 17.6 Å². The second kappa shape index (κ2) is 11.7. The Labute approximate surface area is 257 Å². The summed E-state index contributed by atoms with van der Waals surface area (Å²) >= 11 is 6.80. The number of thioether (sulfide) groups is 1. The van der Waals surface area contributed by atoms with Gasteiger partial charge in [0.25, 0.3) is 11.5 Å². The van der Waals surface area contributed by atoms with Crippen LogP contribution >= 0.6 is 24.0 Å². The number of hydrogen-bond donors (Lipinski definition) is 0. The van der Waals surface area contributed by atoms with Gasteiger partial charge >= 0.3 is 0 Å². The van der Waals surface area contributed by atoms with Gasteiger partial charge in [0.1, 0.15) is 27.6 Å². The maximum absolute atomic E-state index is 14.5. The Balaban J connectivity index is 1.34. The van der Waals surface area contributed by atoms with Gasteiger partial charge in [-0.15, -0.1) is 0 Å². The Kier molecular flexibility index (Phi) is 7.85. The van der Waals surface area contributed by atoms with Crippen molar-refractivity contribution in [3.05, 3.63) is 85.8 Å². The van der Waals surface area contributed by atoms with Crippen molar-refractivity contribution in [3.63, 3.8) is 0 Å². The number of hydrogen-bond acceptors (Lipinski definition) is 9. The number of amides is 1. The topological polar surface area (TPSA) is 91.0 Å². The van der Waals surface area contributed by atoms with Crippen LogP contribution in [0.5, 0.6) is 11.5 Å². The van der Waals surface area contributed by atoms with Gasteiger partial charge in [-0.05, 0) is 55.3 Å². The van der Waals surface area contributed by atoms with E-state index in [0.29, 0.717) is 76.1 Å². The first-order valence-corrected chi connectivity index (χ1v) is 15.1. The van der Waals surface area contributed by atoms with E-state index in [4.69, 9.17) is 21.7 Å². The molecule has 0 radical (unpaired) electrons. The number of aromatic nitrogens is 1. The Hall–Kier alpha value is -4.34. The van der Waals surface area contributed by atoms with E-state index in [-0.39, 0.29) is 36.2 Å². The first-order chi connectivity index (χ1) is 20.8. The molecule has 4 heterocycles. The Morgan fingerprint density at radius 1 is 1.07 bits per heavy atom. The summed E-state index contributed by atoms with van der Waals surface area (Å²) in [4.78, 5) is 33.1. The van der Waals surface area contributed by atoms with Gasteiger partial charge in [-0.3, -0.25) is 19.1 Å². The number of carbonyl (C=O) groups excluding carboxylic acids is 1. The van der Waals surface area contributed by atoms with Crippen LogP contribution < -0.4 is 24.8 Å². The zero-order valence-corrected chi connectivity index (χ0v) is 25.3. The van der Waals surface area contributed by atoms with Gasteiger partial charge in [-0.2, -0.15) is 5.26 Å². The minimum Gasteiger partial charge on any atom is -0.454 e. The van der Waals surface area contributed by atoms with Crippen molar-refractivity contribution in [2.45, 2.75) is 26.9 Å². The van der Waals surface area contributed by atoms with Crippen molar-refractivity contribution < 1.29 is 18.7 Å². The van der Waals surface area contributed by atoms with E-state index < -0.39 is 0 Å². The number of ether oxygens (including phenoxy) is 2. The average molecular weight is 618 g/mol. The van der Waals surface area contributed by atoms with Crippen molar-refractivity contribution in [1.82, 2.24) is 9.47 Å². The van der Waals surface area contributed by atoms with E-state index >= 15 is 0 Å². The largest absolute Gasteiger partial charge is 0.454 e. The van der Waals surface area contributed by atoms with Gasteiger partial charge in [-0.1, -0.05) is 42.2 Å². The summed E-state index contributed by atoms with van der Waals surface area (Å²) in [6.45, 7) is 6.46. The summed E-state index contributed by atoms with van der Waals surface area (Å²) in [5.74, 6) is 1.39. The van der Waals surface area contributed by atoms with Crippen molar-refractivity contribution >= 4 is 51.8 Å². The highest BCUT2D eigenvalue weighted by molar-refractivity contribution is 8.26. The molecule has 1 amide bonds. The number of benzene rings is 2. The molecule has 2 fully saturated rings. The lowest BCUT2D eigenvalue weighted by Gasteiger charge is -2.39. The maximum atomic E-state index is 14.5. The molecule has 0 spiro atoms. The molecular formula is C31H28FN5O4S2. The third-order valence-electron chi connectivity index (χ3n) is 7.86. The van der Waals surface area contributed by atoms with E-state index in [1.807, 2.05) is 36.1 Å². The lowest BCUT2D eigenvalue weighted by molar-refractivity contribution is -0.122. The molecule has 1 aromatic heterocycles. The second-order valence-corrected chi connectivity index (χ2v) is 12.0. The highest BCUT2D eigenvalue weighted by atomic mass is 32.2. The Morgan fingerprint density at radius 2 is 1.79 bits per heavy atom. The molecule has 0 saturated carbocycles. The number of thiocarbonyl (C=S) groups is 1. The van der Waals surface area contributed by atoms with Crippen LogP contribution in [-0.4, -0.2) is 52.7 Å².